The molecule has 3 nitrogen and oxygen atoms in total. The van der Waals surface area contributed by atoms with Gasteiger partial charge in [-0.05, 0) is 36.4 Å². The minimum absolute atomic E-state index is 0.00564. The quantitative estimate of drug-likeness (QED) is 0.617. The molecule has 0 unspecified atom stereocenters. The van der Waals surface area contributed by atoms with Crippen LogP contribution >= 0.6 is 0 Å². The van der Waals surface area contributed by atoms with Crippen LogP contribution in [0.4, 0.5) is 8.78 Å². The van der Waals surface area contributed by atoms with Crippen molar-refractivity contribution >= 4 is 11.9 Å². The monoisotopic (exact) mass is 262 g/mol. The van der Waals surface area contributed by atoms with Crippen molar-refractivity contribution in [3.05, 3.63) is 71.3 Å². The lowest BCUT2D eigenvalue weighted by molar-refractivity contribution is 0.0395. The van der Waals surface area contributed by atoms with Gasteiger partial charge in [-0.15, -0.1) is 0 Å². The van der Waals surface area contributed by atoms with Gasteiger partial charge in [0, 0.05) is 0 Å². The summed E-state index contributed by atoms with van der Waals surface area (Å²) in [6, 6.07) is 9.61. The zero-order valence-electron chi connectivity index (χ0n) is 9.60. The Morgan fingerprint density at radius 1 is 0.842 bits per heavy atom. The first-order chi connectivity index (χ1) is 9.08. The van der Waals surface area contributed by atoms with Gasteiger partial charge in [0.05, 0.1) is 11.1 Å². The van der Waals surface area contributed by atoms with Gasteiger partial charge in [-0.2, -0.15) is 0 Å². The second-order valence-corrected chi connectivity index (χ2v) is 3.66. The van der Waals surface area contributed by atoms with Crippen molar-refractivity contribution in [3.63, 3.8) is 0 Å². The SMILES string of the molecule is O=C(OC(=O)c1ccccc1F)c1ccc(F)cc1. The first-order valence-corrected chi connectivity index (χ1v) is 5.34. The van der Waals surface area contributed by atoms with E-state index in [0.717, 1.165) is 18.2 Å². The zero-order chi connectivity index (χ0) is 13.8. The number of carbonyl (C=O) groups is 2. The van der Waals surface area contributed by atoms with Gasteiger partial charge in [-0.25, -0.2) is 18.4 Å². The molecule has 0 aromatic heterocycles. The van der Waals surface area contributed by atoms with Crippen molar-refractivity contribution in [2.24, 2.45) is 0 Å². The summed E-state index contributed by atoms with van der Waals surface area (Å²) in [6.07, 6.45) is 0. The minimum atomic E-state index is -1.09. The zero-order valence-corrected chi connectivity index (χ0v) is 9.60. The number of rotatable bonds is 2. The molecule has 0 heterocycles. The van der Waals surface area contributed by atoms with Crippen LogP contribution in [0.1, 0.15) is 20.7 Å². The lowest BCUT2D eigenvalue weighted by Crippen LogP contribution is -2.14. The Kier molecular flexibility index (Phi) is 3.66. The summed E-state index contributed by atoms with van der Waals surface area (Å²) in [5.41, 5.74) is -0.330. The third-order valence-corrected chi connectivity index (χ3v) is 2.36. The van der Waals surface area contributed by atoms with Crippen molar-refractivity contribution < 1.29 is 23.1 Å². The number of carbonyl (C=O) groups excluding carboxylic acids is 2. The fraction of sp³-hybridized carbons (Fsp3) is 0. The molecular weight excluding hydrogens is 254 g/mol. The lowest BCUT2D eigenvalue weighted by Gasteiger charge is -2.03. The number of benzene rings is 2. The van der Waals surface area contributed by atoms with Crippen molar-refractivity contribution in [2.45, 2.75) is 0 Å². The summed E-state index contributed by atoms with van der Waals surface area (Å²) >= 11 is 0. The van der Waals surface area contributed by atoms with E-state index in [1.807, 2.05) is 0 Å². The van der Waals surface area contributed by atoms with Crippen molar-refractivity contribution in [1.82, 2.24) is 0 Å². The second-order valence-electron chi connectivity index (χ2n) is 3.66. The third kappa shape index (κ3) is 3.01. The third-order valence-electron chi connectivity index (χ3n) is 2.36. The Hall–Kier alpha value is -2.56. The molecule has 2 aromatic carbocycles. The molecule has 0 spiro atoms. The molecule has 19 heavy (non-hydrogen) atoms. The molecule has 0 radical (unpaired) electrons. The lowest BCUT2D eigenvalue weighted by atomic mass is 10.2. The van der Waals surface area contributed by atoms with Crippen LogP contribution in [0.15, 0.2) is 48.5 Å². The molecule has 0 atom stereocenters. The number of esters is 2. The van der Waals surface area contributed by atoms with Gasteiger partial charge in [-0.3, -0.25) is 0 Å². The van der Waals surface area contributed by atoms with Crippen LogP contribution in [0.25, 0.3) is 0 Å². The summed E-state index contributed by atoms with van der Waals surface area (Å²) in [7, 11) is 0. The smallest absolute Gasteiger partial charge is 0.349 e. The topological polar surface area (TPSA) is 43.4 Å². The van der Waals surface area contributed by atoms with Crippen molar-refractivity contribution in [1.29, 1.82) is 0 Å². The summed E-state index contributed by atoms with van der Waals surface area (Å²) in [5, 5.41) is 0. The maximum Gasteiger partial charge on any atom is 0.349 e. The van der Waals surface area contributed by atoms with Crippen LogP contribution in [0.2, 0.25) is 0 Å². The molecule has 0 N–H and O–H groups in total. The van der Waals surface area contributed by atoms with Gasteiger partial charge in [0.25, 0.3) is 0 Å². The molecule has 2 aromatic rings. The average Bonchev–Trinajstić information content (AvgIpc) is 2.39. The maximum absolute atomic E-state index is 13.3. The van der Waals surface area contributed by atoms with Crippen LogP contribution in [0.5, 0.6) is 0 Å². The molecule has 0 bridgehead atoms. The van der Waals surface area contributed by atoms with E-state index in [4.69, 9.17) is 0 Å². The van der Waals surface area contributed by atoms with Gasteiger partial charge in [0.2, 0.25) is 0 Å². The Morgan fingerprint density at radius 3 is 2.11 bits per heavy atom. The molecule has 0 aliphatic heterocycles. The van der Waals surface area contributed by atoms with E-state index in [-0.39, 0.29) is 11.1 Å². The normalized spacial score (nSPS) is 10.0. The molecule has 5 heteroatoms. The molecule has 0 saturated heterocycles. The fourth-order valence-electron chi connectivity index (χ4n) is 1.41. The Morgan fingerprint density at radius 2 is 1.47 bits per heavy atom. The number of ether oxygens (including phenoxy) is 1. The molecule has 0 aliphatic rings. The van der Waals surface area contributed by atoms with E-state index in [1.165, 1.54) is 30.3 Å². The molecule has 0 saturated carbocycles. The highest BCUT2D eigenvalue weighted by molar-refractivity contribution is 6.02. The van der Waals surface area contributed by atoms with E-state index in [9.17, 15) is 18.4 Å². The summed E-state index contributed by atoms with van der Waals surface area (Å²) in [6.45, 7) is 0. The van der Waals surface area contributed by atoms with E-state index in [2.05, 4.69) is 4.74 Å². The molecular formula is C14H8F2O3. The second kappa shape index (κ2) is 5.39. The Bertz CT molecular complexity index is 621. The predicted molar refractivity (Wildman–Crippen MR) is 62.5 cm³/mol. The highest BCUT2D eigenvalue weighted by atomic mass is 19.1. The molecule has 0 aliphatic carbocycles. The largest absolute Gasteiger partial charge is 0.386 e. The van der Waals surface area contributed by atoms with E-state index >= 15 is 0 Å². The van der Waals surface area contributed by atoms with Gasteiger partial charge >= 0.3 is 11.9 Å². The van der Waals surface area contributed by atoms with Crippen LogP contribution in [-0.2, 0) is 4.74 Å². The first kappa shape index (κ1) is 12.9. The Labute approximate surface area is 107 Å². The van der Waals surface area contributed by atoms with E-state index < -0.39 is 23.6 Å². The maximum atomic E-state index is 13.3. The minimum Gasteiger partial charge on any atom is -0.386 e. The standard InChI is InChI=1S/C14H8F2O3/c15-10-7-5-9(6-8-10)13(17)19-14(18)11-3-1-2-4-12(11)16/h1-8H. The average molecular weight is 262 g/mol. The molecule has 2 rings (SSSR count). The number of hydrogen-bond acceptors (Lipinski definition) is 3. The van der Waals surface area contributed by atoms with Crippen molar-refractivity contribution in [2.75, 3.05) is 0 Å². The summed E-state index contributed by atoms with van der Waals surface area (Å²) in [5.74, 6) is -3.35. The van der Waals surface area contributed by atoms with Crippen LogP contribution < -0.4 is 0 Å². The predicted octanol–water partition coefficient (Wildman–Crippen LogP) is 2.96. The van der Waals surface area contributed by atoms with E-state index in [0.29, 0.717) is 0 Å². The van der Waals surface area contributed by atoms with Gasteiger partial charge in [0.1, 0.15) is 11.6 Å². The highest BCUT2D eigenvalue weighted by Crippen LogP contribution is 2.10. The fourth-order valence-corrected chi connectivity index (χ4v) is 1.41. The summed E-state index contributed by atoms with van der Waals surface area (Å²) in [4.78, 5) is 23.1. The van der Waals surface area contributed by atoms with Gasteiger partial charge in [-0.1, -0.05) is 12.1 Å². The molecule has 96 valence electrons. The molecule has 0 amide bonds. The highest BCUT2D eigenvalue weighted by Gasteiger charge is 2.17. The van der Waals surface area contributed by atoms with Crippen molar-refractivity contribution in [3.8, 4) is 0 Å². The number of halogens is 2. The van der Waals surface area contributed by atoms with E-state index in [1.54, 1.807) is 0 Å². The van der Waals surface area contributed by atoms with Gasteiger partial charge in [0.15, 0.2) is 0 Å². The Balaban J connectivity index is 2.13. The first-order valence-electron chi connectivity index (χ1n) is 5.34. The van der Waals surface area contributed by atoms with Crippen LogP contribution in [0, 0.1) is 11.6 Å². The van der Waals surface area contributed by atoms with Gasteiger partial charge < -0.3 is 4.74 Å². The number of hydrogen-bond donors (Lipinski definition) is 0. The van der Waals surface area contributed by atoms with Crippen LogP contribution in [-0.4, -0.2) is 11.9 Å². The molecule has 0 fully saturated rings. The summed E-state index contributed by atoms with van der Waals surface area (Å²) < 4.78 is 30.4. The van der Waals surface area contributed by atoms with Crippen LogP contribution in [0.3, 0.4) is 0 Å².